The highest BCUT2D eigenvalue weighted by Gasteiger charge is 2.15. The Morgan fingerprint density at radius 2 is 1.11 bits per heavy atom. The quantitative estimate of drug-likeness (QED) is 0.776. The minimum Gasteiger partial charge on any atom is -0.289 e. The van der Waals surface area contributed by atoms with Crippen molar-refractivity contribution in [3.63, 3.8) is 0 Å². The van der Waals surface area contributed by atoms with Crippen molar-refractivity contribution in [1.29, 1.82) is 0 Å². The molecule has 92 valence electrons. The molecular weight excluding hydrogens is 264 g/mol. The summed E-state index contributed by atoms with van der Waals surface area (Å²) in [6.07, 6.45) is 14.3. The number of carbonyl (C=O) groups is 2. The Morgan fingerprint density at radius 1 is 0.722 bits per heavy atom. The lowest BCUT2D eigenvalue weighted by atomic mass is 9.98. The normalized spacial score (nSPS) is 23.2. The van der Waals surface area contributed by atoms with Gasteiger partial charge in [-0.3, -0.25) is 9.59 Å². The summed E-state index contributed by atoms with van der Waals surface area (Å²) >= 11 is 2.88. The molecule has 2 aliphatic carbocycles. The predicted octanol–water partition coefficient (Wildman–Crippen LogP) is 3.05. The first-order valence-corrected chi connectivity index (χ1v) is 7.81. The van der Waals surface area contributed by atoms with E-state index in [9.17, 15) is 9.59 Å². The van der Waals surface area contributed by atoms with E-state index in [-0.39, 0.29) is 11.6 Å². The highest BCUT2D eigenvalue weighted by atomic mass is 32.2. The maximum absolute atomic E-state index is 11.5. The van der Waals surface area contributed by atoms with E-state index < -0.39 is 0 Å². The fourth-order valence-corrected chi connectivity index (χ4v) is 2.72. The van der Waals surface area contributed by atoms with Gasteiger partial charge in [-0.15, -0.1) is 23.5 Å². The molecule has 2 rings (SSSR count). The molecule has 4 heteroatoms. The molecule has 0 spiro atoms. The summed E-state index contributed by atoms with van der Waals surface area (Å²) in [5, 5.41) is 0. The second-order valence-corrected chi connectivity index (χ2v) is 5.43. The van der Waals surface area contributed by atoms with Crippen LogP contribution in [-0.2, 0) is 9.59 Å². The fraction of sp³-hybridized carbons (Fsp3) is 0.143. The molecule has 0 bridgehead atoms. The number of hydrogen-bond donors (Lipinski definition) is 0. The van der Waals surface area contributed by atoms with E-state index in [1.807, 2.05) is 24.7 Å². The first kappa shape index (κ1) is 13.2. The Balaban J connectivity index is 2.44. The van der Waals surface area contributed by atoms with E-state index in [4.69, 9.17) is 0 Å². The Bertz CT molecular complexity index is 510. The summed E-state index contributed by atoms with van der Waals surface area (Å²) in [6, 6.07) is 0. The van der Waals surface area contributed by atoms with Crippen LogP contribution in [0.5, 0.6) is 0 Å². The van der Waals surface area contributed by atoms with E-state index in [0.717, 1.165) is 21.0 Å². The molecule has 0 saturated carbocycles. The Morgan fingerprint density at radius 3 is 1.44 bits per heavy atom. The number of carbonyl (C=O) groups excluding carboxylic acids is 2. The predicted molar refractivity (Wildman–Crippen MR) is 78.5 cm³/mol. The maximum Gasteiger partial charge on any atom is 0.192 e. The Hall–Kier alpha value is -1.26. The van der Waals surface area contributed by atoms with Crippen molar-refractivity contribution in [2.24, 2.45) is 0 Å². The molecule has 0 atom stereocenters. The number of ketones is 2. The molecule has 0 heterocycles. The van der Waals surface area contributed by atoms with E-state index in [1.54, 1.807) is 24.3 Å². The van der Waals surface area contributed by atoms with Crippen molar-refractivity contribution < 1.29 is 9.59 Å². The summed E-state index contributed by atoms with van der Waals surface area (Å²) in [5.41, 5.74) is 1.93. The molecule has 0 unspecified atom stereocenters. The topological polar surface area (TPSA) is 34.1 Å². The van der Waals surface area contributed by atoms with Gasteiger partial charge in [0, 0.05) is 0 Å². The van der Waals surface area contributed by atoms with Crippen molar-refractivity contribution in [3.05, 3.63) is 57.4 Å². The molecule has 0 aliphatic heterocycles. The summed E-state index contributed by atoms with van der Waals surface area (Å²) in [4.78, 5) is 24.5. The van der Waals surface area contributed by atoms with Gasteiger partial charge in [0.05, 0.1) is 9.81 Å². The van der Waals surface area contributed by atoms with Gasteiger partial charge in [-0.1, -0.05) is 12.2 Å². The van der Waals surface area contributed by atoms with Gasteiger partial charge in [-0.25, -0.2) is 0 Å². The molecule has 0 aromatic heterocycles. The lowest BCUT2D eigenvalue weighted by Crippen LogP contribution is -2.04. The molecule has 0 N–H and O–H groups in total. The van der Waals surface area contributed by atoms with E-state index in [2.05, 4.69) is 0 Å². The summed E-state index contributed by atoms with van der Waals surface area (Å²) in [5.74, 6) is 0.0774. The summed E-state index contributed by atoms with van der Waals surface area (Å²) < 4.78 is 0. The highest BCUT2D eigenvalue weighted by molar-refractivity contribution is 8.03. The van der Waals surface area contributed by atoms with Gasteiger partial charge in [-0.2, -0.15) is 0 Å². The molecule has 0 aromatic rings. The average Bonchev–Trinajstić information content (AvgIpc) is 2.40. The molecule has 2 nitrogen and oxygen atoms in total. The molecule has 0 saturated heterocycles. The fourth-order valence-electron chi connectivity index (χ4n) is 1.69. The van der Waals surface area contributed by atoms with E-state index in [0.29, 0.717) is 0 Å². The van der Waals surface area contributed by atoms with Gasteiger partial charge in [0.15, 0.2) is 11.6 Å². The summed E-state index contributed by atoms with van der Waals surface area (Å²) in [6.45, 7) is 0. The molecule has 2 aliphatic rings. The average molecular weight is 276 g/mol. The van der Waals surface area contributed by atoms with Crippen LogP contribution in [0.2, 0.25) is 0 Å². The zero-order chi connectivity index (χ0) is 13.1. The van der Waals surface area contributed by atoms with E-state index in [1.165, 1.54) is 23.5 Å². The lowest BCUT2D eigenvalue weighted by Gasteiger charge is -2.12. The van der Waals surface area contributed by atoms with Gasteiger partial charge < -0.3 is 0 Å². The Labute approximate surface area is 115 Å². The highest BCUT2D eigenvalue weighted by Crippen LogP contribution is 2.28. The summed E-state index contributed by atoms with van der Waals surface area (Å²) in [7, 11) is 0. The zero-order valence-electron chi connectivity index (χ0n) is 10.1. The Kier molecular flexibility index (Phi) is 4.09. The van der Waals surface area contributed by atoms with Crippen LogP contribution in [0.15, 0.2) is 57.4 Å². The molecule has 0 aromatic carbocycles. The van der Waals surface area contributed by atoms with Crippen LogP contribution in [-0.4, -0.2) is 24.1 Å². The number of allylic oxidation sites excluding steroid dienone is 10. The molecule has 0 radical (unpaired) electrons. The van der Waals surface area contributed by atoms with Gasteiger partial charge in [0.2, 0.25) is 0 Å². The number of thioether (sulfide) groups is 2. The second-order valence-electron chi connectivity index (χ2n) is 3.73. The van der Waals surface area contributed by atoms with Crippen LogP contribution in [0.25, 0.3) is 0 Å². The van der Waals surface area contributed by atoms with Crippen molar-refractivity contribution in [2.75, 3.05) is 12.5 Å². The minimum atomic E-state index is 0.0387. The van der Waals surface area contributed by atoms with Crippen LogP contribution in [0.1, 0.15) is 0 Å². The molecule has 18 heavy (non-hydrogen) atoms. The zero-order valence-corrected chi connectivity index (χ0v) is 11.7. The third-order valence-corrected chi connectivity index (χ3v) is 4.18. The first-order chi connectivity index (χ1) is 8.65. The largest absolute Gasteiger partial charge is 0.289 e. The van der Waals surface area contributed by atoms with Crippen LogP contribution in [0.3, 0.4) is 0 Å². The number of hydrogen-bond acceptors (Lipinski definition) is 4. The van der Waals surface area contributed by atoms with Crippen molar-refractivity contribution in [3.8, 4) is 0 Å². The van der Waals surface area contributed by atoms with Crippen LogP contribution < -0.4 is 0 Å². The molecule has 0 fully saturated rings. The van der Waals surface area contributed by atoms with Gasteiger partial charge in [0.1, 0.15) is 0 Å². The van der Waals surface area contributed by atoms with E-state index >= 15 is 0 Å². The molecular formula is C14H12O2S2. The third kappa shape index (κ3) is 2.60. The van der Waals surface area contributed by atoms with Gasteiger partial charge >= 0.3 is 0 Å². The molecule has 0 amide bonds. The van der Waals surface area contributed by atoms with Gasteiger partial charge in [-0.05, 0) is 48.0 Å². The minimum absolute atomic E-state index is 0.0387. The third-order valence-electron chi connectivity index (χ3n) is 2.66. The smallest absolute Gasteiger partial charge is 0.192 e. The SMILES string of the molecule is CSC1=C/C(=C2\C=CC(=O)C(SC)=C2)C=CC1=O. The van der Waals surface area contributed by atoms with Crippen LogP contribution in [0.4, 0.5) is 0 Å². The van der Waals surface area contributed by atoms with Gasteiger partial charge in [0.25, 0.3) is 0 Å². The first-order valence-electron chi connectivity index (χ1n) is 5.36. The maximum atomic E-state index is 11.5. The van der Waals surface area contributed by atoms with Crippen molar-refractivity contribution in [2.45, 2.75) is 0 Å². The standard InChI is InChI=1S/C14H12O2S2/c1-17-13-7-9(3-5-11(13)15)10-4-6-12(16)14(8-10)18-2/h3-8H,1-2H3/b10-9+. The van der Waals surface area contributed by atoms with Crippen LogP contribution >= 0.6 is 23.5 Å². The van der Waals surface area contributed by atoms with Crippen molar-refractivity contribution in [1.82, 2.24) is 0 Å². The monoisotopic (exact) mass is 276 g/mol. The van der Waals surface area contributed by atoms with Crippen LogP contribution in [0, 0.1) is 0 Å². The number of rotatable bonds is 2. The second kappa shape index (κ2) is 5.59. The van der Waals surface area contributed by atoms with Crippen molar-refractivity contribution >= 4 is 35.1 Å². The lowest BCUT2D eigenvalue weighted by molar-refractivity contribution is -0.111.